The van der Waals surface area contributed by atoms with Gasteiger partial charge >= 0.3 is 0 Å². The molecule has 0 bridgehead atoms. The molecule has 1 saturated heterocycles. The molecule has 0 saturated carbocycles. The fourth-order valence-corrected chi connectivity index (χ4v) is 3.38. The first-order chi connectivity index (χ1) is 13.5. The predicted molar refractivity (Wildman–Crippen MR) is 108 cm³/mol. The van der Waals surface area contributed by atoms with Gasteiger partial charge in [-0.3, -0.25) is 9.59 Å². The molecule has 7 nitrogen and oxygen atoms in total. The molecule has 1 aromatic heterocycles. The number of amides is 2. The topological polar surface area (TPSA) is 78.4 Å². The lowest BCUT2D eigenvalue weighted by Gasteiger charge is -2.37. The third-order valence-electron chi connectivity index (χ3n) is 4.76. The number of nitrogens with zero attached hydrogens (tertiary/aromatic N) is 4. The van der Waals surface area contributed by atoms with E-state index >= 15 is 0 Å². The maximum Gasteiger partial charge on any atom is 0.253 e. The first-order valence-electron chi connectivity index (χ1n) is 9.33. The lowest BCUT2D eigenvalue weighted by molar-refractivity contribution is -0.134. The Morgan fingerprint density at radius 1 is 1.04 bits per heavy atom. The van der Waals surface area contributed by atoms with Crippen molar-refractivity contribution < 1.29 is 9.59 Å². The summed E-state index contributed by atoms with van der Waals surface area (Å²) in [5, 5.41) is 3.23. The zero-order valence-electron chi connectivity index (χ0n) is 16.0. The highest BCUT2D eigenvalue weighted by Crippen LogP contribution is 2.17. The second-order valence-electron chi connectivity index (χ2n) is 7.04. The van der Waals surface area contributed by atoms with Gasteiger partial charge < -0.3 is 15.1 Å². The van der Waals surface area contributed by atoms with E-state index in [1.807, 2.05) is 13.8 Å². The number of aromatic nitrogens is 2. The minimum atomic E-state index is -0.608. The van der Waals surface area contributed by atoms with Crippen molar-refractivity contribution in [3.63, 3.8) is 0 Å². The molecular weight excluding hydrogens is 378 g/mol. The first kappa shape index (κ1) is 20.1. The average Bonchev–Trinajstić information content (AvgIpc) is 2.72. The van der Waals surface area contributed by atoms with Gasteiger partial charge in [0.25, 0.3) is 5.91 Å². The van der Waals surface area contributed by atoms with Crippen molar-refractivity contribution in [2.75, 3.05) is 31.1 Å². The van der Waals surface area contributed by atoms with E-state index in [1.54, 1.807) is 47.6 Å². The van der Waals surface area contributed by atoms with Crippen LogP contribution in [-0.2, 0) is 4.79 Å². The first-order valence-corrected chi connectivity index (χ1v) is 9.71. The Kier molecular flexibility index (Phi) is 6.46. The molecule has 1 aliphatic rings. The smallest absolute Gasteiger partial charge is 0.253 e. The molecule has 0 aliphatic carbocycles. The number of anilines is 1. The van der Waals surface area contributed by atoms with Crippen LogP contribution < -0.4 is 10.2 Å². The van der Waals surface area contributed by atoms with Gasteiger partial charge in [-0.1, -0.05) is 37.6 Å². The molecule has 8 heteroatoms. The standard InChI is InChI=1S/C20H24ClN5O2/c1-14(2)17(24-18(27)15-6-3-4-7-16(15)21)19(28)25-10-12-26(13-11-25)20-22-8-5-9-23-20/h3-9,14,17H,10-13H2,1-2H3,(H,24,27)/t17-/m1/s1. The van der Waals surface area contributed by atoms with Gasteiger partial charge in [-0.05, 0) is 24.1 Å². The third-order valence-corrected chi connectivity index (χ3v) is 5.09. The number of nitrogens with one attached hydrogen (secondary N) is 1. The van der Waals surface area contributed by atoms with Gasteiger partial charge in [-0.2, -0.15) is 0 Å². The summed E-state index contributed by atoms with van der Waals surface area (Å²) < 4.78 is 0. The normalized spacial score (nSPS) is 15.4. The van der Waals surface area contributed by atoms with Crippen molar-refractivity contribution in [2.45, 2.75) is 19.9 Å². The van der Waals surface area contributed by atoms with Gasteiger partial charge in [0, 0.05) is 38.6 Å². The zero-order valence-corrected chi connectivity index (χ0v) is 16.8. The molecule has 0 spiro atoms. The maximum absolute atomic E-state index is 13.1. The van der Waals surface area contributed by atoms with Gasteiger partial charge in [-0.15, -0.1) is 0 Å². The van der Waals surface area contributed by atoms with Crippen molar-refractivity contribution in [3.05, 3.63) is 53.3 Å². The second kappa shape index (κ2) is 9.01. The molecule has 1 aliphatic heterocycles. The molecule has 28 heavy (non-hydrogen) atoms. The van der Waals surface area contributed by atoms with Crippen LogP contribution in [0.4, 0.5) is 5.95 Å². The van der Waals surface area contributed by atoms with Crippen molar-refractivity contribution in [1.29, 1.82) is 0 Å². The van der Waals surface area contributed by atoms with Crippen LogP contribution in [0.25, 0.3) is 0 Å². The number of carbonyl (C=O) groups is 2. The molecule has 3 rings (SSSR count). The highest BCUT2D eigenvalue weighted by molar-refractivity contribution is 6.33. The Morgan fingerprint density at radius 2 is 1.68 bits per heavy atom. The molecule has 1 fully saturated rings. The minimum Gasteiger partial charge on any atom is -0.340 e. The predicted octanol–water partition coefficient (Wildman–Crippen LogP) is 2.23. The van der Waals surface area contributed by atoms with Gasteiger partial charge in [0.2, 0.25) is 11.9 Å². The quantitative estimate of drug-likeness (QED) is 0.831. The van der Waals surface area contributed by atoms with Gasteiger partial charge in [0.05, 0.1) is 10.6 Å². The maximum atomic E-state index is 13.1. The lowest BCUT2D eigenvalue weighted by atomic mass is 10.0. The summed E-state index contributed by atoms with van der Waals surface area (Å²) in [6.45, 7) is 6.26. The van der Waals surface area contributed by atoms with Gasteiger partial charge in [0.15, 0.2) is 0 Å². The van der Waals surface area contributed by atoms with E-state index in [9.17, 15) is 9.59 Å². The highest BCUT2D eigenvalue weighted by Gasteiger charge is 2.31. The summed E-state index contributed by atoms with van der Waals surface area (Å²) in [6, 6.07) is 7.99. The number of carbonyl (C=O) groups excluding carboxylic acids is 2. The summed E-state index contributed by atoms with van der Waals surface area (Å²) in [7, 11) is 0. The third kappa shape index (κ3) is 4.59. The number of halogens is 1. The Morgan fingerprint density at radius 3 is 2.29 bits per heavy atom. The van der Waals surface area contributed by atoms with Crippen LogP contribution in [0.5, 0.6) is 0 Å². The molecule has 1 atom stereocenters. The number of rotatable bonds is 5. The van der Waals surface area contributed by atoms with Crippen LogP contribution in [-0.4, -0.2) is 58.9 Å². The van der Waals surface area contributed by atoms with Gasteiger partial charge in [-0.25, -0.2) is 9.97 Å². The molecule has 2 heterocycles. The Hall–Kier alpha value is -2.67. The molecule has 1 aromatic carbocycles. The highest BCUT2D eigenvalue weighted by atomic mass is 35.5. The summed E-state index contributed by atoms with van der Waals surface area (Å²) in [5.74, 6) is 0.203. The fraction of sp³-hybridized carbons (Fsp3) is 0.400. The summed E-state index contributed by atoms with van der Waals surface area (Å²) >= 11 is 6.11. The van der Waals surface area contributed by atoms with Crippen molar-refractivity contribution in [3.8, 4) is 0 Å². The van der Waals surface area contributed by atoms with E-state index in [0.717, 1.165) is 0 Å². The SMILES string of the molecule is CC(C)[C@@H](NC(=O)c1ccccc1Cl)C(=O)N1CCN(c2ncccn2)CC1. The number of hydrogen-bond acceptors (Lipinski definition) is 5. The molecule has 1 N–H and O–H groups in total. The Balaban J connectivity index is 1.64. The zero-order chi connectivity index (χ0) is 20.1. The van der Waals surface area contributed by atoms with E-state index in [4.69, 9.17) is 11.6 Å². The summed E-state index contributed by atoms with van der Waals surface area (Å²) in [4.78, 5) is 38.0. The summed E-state index contributed by atoms with van der Waals surface area (Å²) in [6.07, 6.45) is 3.41. The lowest BCUT2D eigenvalue weighted by Crippen LogP contribution is -2.56. The van der Waals surface area contributed by atoms with E-state index < -0.39 is 6.04 Å². The number of piperazine rings is 1. The molecule has 2 amide bonds. The van der Waals surface area contributed by atoms with E-state index in [-0.39, 0.29) is 17.7 Å². The minimum absolute atomic E-state index is 0.0468. The van der Waals surface area contributed by atoms with E-state index in [0.29, 0.717) is 42.7 Å². The molecule has 0 unspecified atom stereocenters. The second-order valence-corrected chi connectivity index (χ2v) is 7.44. The largest absolute Gasteiger partial charge is 0.340 e. The van der Waals surface area contributed by atoms with Crippen LogP contribution >= 0.6 is 11.6 Å². The van der Waals surface area contributed by atoms with Crippen molar-refractivity contribution in [2.24, 2.45) is 5.92 Å². The van der Waals surface area contributed by atoms with Crippen LogP contribution in [0.3, 0.4) is 0 Å². The average molecular weight is 402 g/mol. The number of hydrogen-bond donors (Lipinski definition) is 1. The van der Waals surface area contributed by atoms with Crippen molar-refractivity contribution >= 4 is 29.4 Å². The van der Waals surface area contributed by atoms with Crippen LogP contribution in [0, 0.1) is 5.92 Å². The van der Waals surface area contributed by atoms with Crippen LogP contribution in [0.2, 0.25) is 5.02 Å². The van der Waals surface area contributed by atoms with Crippen LogP contribution in [0.15, 0.2) is 42.7 Å². The molecular formula is C20H24ClN5O2. The van der Waals surface area contributed by atoms with E-state index in [2.05, 4.69) is 20.2 Å². The summed E-state index contributed by atoms with van der Waals surface area (Å²) in [5.41, 5.74) is 0.369. The Labute approximate surface area is 169 Å². The van der Waals surface area contributed by atoms with Gasteiger partial charge in [0.1, 0.15) is 6.04 Å². The van der Waals surface area contributed by atoms with Crippen molar-refractivity contribution in [1.82, 2.24) is 20.2 Å². The van der Waals surface area contributed by atoms with E-state index in [1.165, 1.54) is 0 Å². The molecule has 148 valence electrons. The Bertz CT molecular complexity index is 822. The number of benzene rings is 1. The van der Waals surface area contributed by atoms with Crippen LogP contribution in [0.1, 0.15) is 24.2 Å². The molecule has 2 aromatic rings. The fourth-order valence-electron chi connectivity index (χ4n) is 3.16. The monoisotopic (exact) mass is 401 g/mol. The molecule has 0 radical (unpaired) electrons.